The van der Waals surface area contributed by atoms with Crippen LogP contribution in [0.5, 0.6) is 0 Å². The molecule has 0 aromatic carbocycles. The van der Waals surface area contributed by atoms with Crippen LogP contribution >= 0.6 is 0 Å². The van der Waals surface area contributed by atoms with Crippen LogP contribution < -0.4 is 0 Å². The molecular weight excluding hydrogens is 140 g/mol. The lowest BCUT2D eigenvalue weighted by Crippen LogP contribution is -2.27. The van der Waals surface area contributed by atoms with Crippen LogP contribution in [0.15, 0.2) is 0 Å². The Labute approximate surface area is 67.2 Å². The highest BCUT2D eigenvalue weighted by Gasteiger charge is 2.40. The molecular formula is C8H14N2O. The van der Waals surface area contributed by atoms with Crippen LogP contribution in [-0.2, 0) is 0 Å². The third-order valence-electron chi connectivity index (χ3n) is 2.27. The second kappa shape index (κ2) is 3.70. The molecule has 3 nitrogen and oxygen atoms in total. The zero-order chi connectivity index (χ0) is 8.27. The molecule has 0 aliphatic heterocycles. The summed E-state index contributed by atoms with van der Waals surface area (Å²) in [6, 6.07) is 2.61. The number of nitriles is 1. The molecule has 62 valence electrons. The molecule has 1 saturated carbocycles. The van der Waals surface area contributed by atoms with Crippen molar-refractivity contribution in [1.82, 2.24) is 4.90 Å². The van der Waals surface area contributed by atoms with E-state index in [1.54, 1.807) is 0 Å². The molecule has 0 heterocycles. The molecule has 0 amide bonds. The van der Waals surface area contributed by atoms with Crippen molar-refractivity contribution in [2.45, 2.75) is 19.4 Å². The quantitative estimate of drug-likeness (QED) is 0.589. The summed E-state index contributed by atoms with van der Waals surface area (Å²) in [6.07, 6.45) is 1.06. The second-order valence-electron chi connectivity index (χ2n) is 2.97. The van der Waals surface area contributed by atoms with Crippen LogP contribution in [0.25, 0.3) is 0 Å². The Kier molecular flexibility index (Phi) is 2.86. The average Bonchev–Trinajstić information content (AvgIpc) is 2.79. The van der Waals surface area contributed by atoms with Crippen LogP contribution in [0.3, 0.4) is 0 Å². The molecule has 1 aliphatic carbocycles. The largest absolute Gasteiger partial charge is 0.396 e. The molecule has 1 N–H and O–H groups in total. The first kappa shape index (κ1) is 8.51. The van der Waals surface area contributed by atoms with Gasteiger partial charge in [-0.05, 0) is 18.9 Å². The van der Waals surface area contributed by atoms with Gasteiger partial charge in [0.25, 0.3) is 0 Å². The minimum atomic E-state index is 0.270. The fourth-order valence-corrected chi connectivity index (χ4v) is 1.43. The Balaban J connectivity index is 2.29. The van der Waals surface area contributed by atoms with Crippen LogP contribution in [0.4, 0.5) is 0 Å². The third-order valence-corrected chi connectivity index (χ3v) is 2.27. The highest BCUT2D eigenvalue weighted by Crippen LogP contribution is 2.34. The molecule has 0 aromatic heterocycles. The summed E-state index contributed by atoms with van der Waals surface area (Å²) >= 11 is 0. The molecule has 2 atom stereocenters. The van der Waals surface area contributed by atoms with Gasteiger partial charge in [0.1, 0.15) is 0 Å². The van der Waals surface area contributed by atoms with Gasteiger partial charge in [0, 0.05) is 12.6 Å². The summed E-state index contributed by atoms with van der Waals surface area (Å²) < 4.78 is 0. The van der Waals surface area contributed by atoms with Crippen molar-refractivity contribution in [2.24, 2.45) is 5.92 Å². The Morgan fingerprint density at radius 1 is 1.73 bits per heavy atom. The number of hydrogen-bond donors (Lipinski definition) is 1. The first-order valence-electron chi connectivity index (χ1n) is 4.05. The first-order chi connectivity index (χ1) is 5.33. The van der Waals surface area contributed by atoms with Crippen LogP contribution in [0.1, 0.15) is 13.3 Å². The lowest BCUT2D eigenvalue weighted by atomic mass is 10.4. The molecule has 1 fully saturated rings. The molecule has 11 heavy (non-hydrogen) atoms. The van der Waals surface area contributed by atoms with E-state index in [-0.39, 0.29) is 6.61 Å². The fraction of sp³-hybridized carbons (Fsp3) is 0.875. The Hall–Kier alpha value is -0.590. The van der Waals surface area contributed by atoms with Gasteiger partial charge < -0.3 is 5.11 Å². The number of aliphatic hydroxyl groups is 1. The summed E-state index contributed by atoms with van der Waals surface area (Å²) in [6.45, 7) is 3.73. The normalized spacial score (nSPS) is 28.5. The van der Waals surface area contributed by atoms with Crippen molar-refractivity contribution in [3.8, 4) is 6.07 Å². The average molecular weight is 154 g/mol. The van der Waals surface area contributed by atoms with Gasteiger partial charge in [-0.15, -0.1) is 0 Å². The van der Waals surface area contributed by atoms with Gasteiger partial charge in [0.15, 0.2) is 0 Å². The van der Waals surface area contributed by atoms with Gasteiger partial charge in [-0.2, -0.15) is 5.26 Å². The van der Waals surface area contributed by atoms with Crippen LogP contribution in [0.2, 0.25) is 0 Å². The predicted molar refractivity (Wildman–Crippen MR) is 41.8 cm³/mol. The third kappa shape index (κ3) is 1.92. The number of hydrogen-bond acceptors (Lipinski definition) is 3. The lowest BCUT2D eigenvalue weighted by Gasteiger charge is -2.15. The minimum absolute atomic E-state index is 0.270. The zero-order valence-corrected chi connectivity index (χ0v) is 6.82. The maximum atomic E-state index is 8.78. The van der Waals surface area contributed by atoms with E-state index in [9.17, 15) is 0 Å². The van der Waals surface area contributed by atoms with E-state index in [0.717, 1.165) is 13.0 Å². The van der Waals surface area contributed by atoms with Gasteiger partial charge in [-0.25, -0.2) is 0 Å². The van der Waals surface area contributed by atoms with E-state index in [4.69, 9.17) is 10.4 Å². The van der Waals surface area contributed by atoms with E-state index in [0.29, 0.717) is 18.5 Å². The van der Waals surface area contributed by atoms with Gasteiger partial charge >= 0.3 is 0 Å². The Bertz CT molecular complexity index is 164. The van der Waals surface area contributed by atoms with E-state index in [1.165, 1.54) is 0 Å². The van der Waals surface area contributed by atoms with Crippen molar-refractivity contribution < 1.29 is 5.11 Å². The highest BCUT2D eigenvalue weighted by molar-refractivity contribution is 4.96. The highest BCUT2D eigenvalue weighted by atomic mass is 16.3. The van der Waals surface area contributed by atoms with E-state index in [1.807, 2.05) is 6.92 Å². The van der Waals surface area contributed by atoms with Crippen molar-refractivity contribution >= 4 is 0 Å². The summed E-state index contributed by atoms with van der Waals surface area (Å²) in [4.78, 5) is 2.11. The van der Waals surface area contributed by atoms with Crippen LogP contribution in [0, 0.1) is 17.2 Å². The topological polar surface area (TPSA) is 47.3 Å². The molecule has 1 rings (SSSR count). The first-order valence-corrected chi connectivity index (χ1v) is 4.05. The Morgan fingerprint density at radius 2 is 2.45 bits per heavy atom. The van der Waals surface area contributed by atoms with Gasteiger partial charge in [-0.1, -0.05) is 6.92 Å². The molecule has 1 aliphatic rings. The Morgan fingerprint density at radius 3 is 2.82 bits per heavy atom. The van der Waals surface area contributed by atoms with E-state index < -0.39 is 0 Å². The maximum Gasteiger partial charge on any atom is 0.0868 e. The fourth-order valence-electron chi connectivity index (χ4n) is 1.43. The molecule has 0 aromatic rings. The van der Waals surface area contributed by atoms with Crippen LogP contribution in [-0.4, -0.2) is 35.7 Å². The summed E-state index contributed by atoms with van der Waals surface area (Å²) in [5.74, 6) is 0.434. The standard InChI is InChI=1S/C8H14N2O/c1-2-10(4-3-9)8-5-7(8)6-11/h7-8,11H,2,4-6H2,1H3. The minimum Gasteiger partial charge on any atom is -0.396 e. The molecule has 0 spiro atoms. The van der Waals surface area contributed by atoms with Gasteiger partial charge in [-0.3, -0.25) is 4.90 Å². The number of nitrogens with zero attached hydrogens (tertiary/aromatic N) is 2. The van der Waals surface area contributed by atoms with Crippen molar-refractivity contribution in [2.75, 3.05) is 19.7 Å². The van der Waals surface area contributed by atoms with E-state index >= 15 is 0 Å². The van der Waals surface area contributed by atoms with Crippen molar-refractivity contribution in [1.29, 1.82) is 5.26 Å². The van der Waals surface area contributed by atoms with Gasteiger partial charge in [0.05, 0.1) is 12.6 Å². The second-order valence-corrected chi connectivity index (χ2v) is 2.97. The number of aliphatic hydroxyl groups excluding tert-OH is 1. The summed E-state index contributed by atoms with van der Waals surface area (Å²) in [7, 11) is 0. The summed E-state index contributed by atoms with van der Waals surface area (Å²) in [5.41, 5.74) is 0. The molecule has 0 bridgehead atoms. The predicted octanol–water partition coefficient (Wildman–Crippen LogP) is 0.213. The smallest absolute Gasteiger partial charge is 0.0868 e. The zero-order valence-electron chi connectivity index (χ0n) is 6.82. The lowest BCUT2D eigenvalue weighted by molar-refractivity contribution is 0.235. The molecule has 0 radical (unpaired) electrons. The molecule has 0 saturated heterocycles. The van der Waals surface area contributed by atoms with E-state index in [2.05, 4.69) is 11.0 Å². The maximum absolute atomic E-state index is 8.78. The molecule has 3 heteroatoms. The van der Waals surface area contributed by atoms with Gasteiger partial charge in [0.2, 0.25) is 0 Å². The van der Waals surface area contributed by atoms with Crippen molar-refractivity contribution in [3.63, 3.8) is 0 Å². The SMILES string of the molecule is CCN(CC#N)C1CC1CO. The molecule has 2 unspecified atom stereocenters. The van der Waals surface area contributed by atoms with Crippen molar-refractivity contribution in [3.05, 3.63) is 0 Å². The monoisotopic (exact) mass is 154 g/mol. The summed E-state index contributed by atoms with van der Waals surface area (Å²) in [5, 5.41) is 17.2. The number of rotatable bonds is 4.